The summed E-state index contributed by atoms with van der Waals surface area (Å²) in [6.07, 6.45) is 28.2. The van der Waals surface area contributed by atoms with Crippen LogP contribution in [0.5, 0.6) is 0 Å². The molecule has 1 heterocycles. The van der Waals surface area contributed by atoms with Gasteiger partial charge in [-0.05, 0) is 38.5 Å². The third-order valence-electron chi connectivity index (χ3n) is 5.48. The normalized spacial score (nSPS) is 16.0. The standard InChI is InChI=1S/C21H39N2/c1-2-3-4-5-6-7-8-9-10-14-17-22-18-19-23(20-22)21-15-12-11-13-16-21/h18-21H,2-17H2,1H3/q+1. The number of aryl methyl sites for hydroxylation is 1. The highest BCUT2D eigenvalue weighted by Crippen LogP contribution is 2.27. The zero-order valence-corrected chi connectivity index (χ0v) is 15.5. The Kier molecular flexibility index (Phi) is 9.44. The average Bonchev–Trinajstić information content (AvgIpc) is 3.06. The maximum atomic E-state index is 2.47. The lowest BCUT2D eigenvalue weighted by Gasteiger charge is -2.18. The van der Waals surface area contributed by atoms with Crippen molar-refractivity contribution >= 4 is 0 Å². The Labute approximate surface area is 144 Å². The molecule has 0 spiro atoms. The molecule has 0 saturated heterocycles. The van der Waals surface area contributed by atoms with Crippen LogP contribution in [0.15, 0.2) is 18.7 Å². The smallest absolute Gasteiger partial charge is 0.237 e. The number of nitrogens with zero attached hydrogens (tertiary/aromatic N) is 2. The molecule has 1 saturated carbocycles. The van der Waals surface area contributed by atoms with Crippen LogP contribution in [0.1, 0.15) is 109 Å². The molecular weight excluding hydrogens is 280 g/mol. The Morgan fingerprint density at radius 2 is 1.43 bits per heavy atom. The molecule has 0 unspecified atom stereocenters. The molecule has 0 radical (unpaired) electrons. The lowest BCUT2D eigenvalue weighted by molar-refractivity contribution is -0.697. The van der Waals surface area contributed by atoms with Crippen molar-refractivity contribution in [1.82, 2.24) is 4.57 Å². The van der Waals surface area contributed by atoms with Gasteiger partial charge < -0.3 is 0 Å². The molecule has 2 heteroatoms. The van der Waals surface area contributed by atoms with E-state index >= 15 is 0 Å². The van der Waals surface area contributed by atoms with Gasteiger partial charge in [0.05, 0.1) is 6.54 Å². The highest BCUT2D eigenvalue weighted by molar-refractivity contribution is 4.77. The van der Waals surface area contributed by atoms with E-state index in [2.05, 4.69) is 34.8 Å². The van der Waals surface area contributed by atoms with E-state index < -0.39 is 0 Å². The fraction of sp³-hybridized carbons (Fsp3) is 0.857. The predicted octanol–water partition coefficient (Wildman–Crippen LogP) is 6.20. The highest BCUT2D eigenvalue weighted by Gasteiger charge is 2.19. The molecule has 0 aliphatic heterocycles. The number of unbranched alkanes of at least 4 members (excludes halogenated alkanes) is 9. The van der Waals surface area contributed by atoms with Crippen molar-refractivity contribution < 1.29 is 4.57 Å². The van der Waals surface area contributed by atoms with E-state index in [9.17, 15) is 0 Å². The van der Waals surface area contributed by atoms with Gasteiger partial charge in [0.1, 0.15) is 18.4 Å². The van der Waals surface area contributed by atoms with Crippen LogP contribution < -0.4 is 4.57 Å². The van der Waals surface area contributed by atoms with E-state index in [-0.39, 0.29) is 0 Å². The molecule has 1 aliphatic rings. The van der Waals surface area contributed by atoms with Gasteiger partial charge in [0, 0.05) is 0 Å². The molecule has 2 nitrogen and oxygen atoms in total. The van der Waals surface area contributed by atoms with Crippen molar-refractivity contribution in [2.75, 3.05) is 0 Å². The summed E-state index contributed by atoms with van der Waals surface area (Å²) in [6.45, 7) is 3.50. The Hall–Kier alpha value is -0.790. The van der Waals surface area contributed by atoms with Gasteiger partial charge in [-0.15, -0.1) is 0 Å². The molecule has 1 aromatic rings. The lowest BCUT2D eigenvalue weighted by atomic mass is 9.95. The van der Waals surface area contributed by atoms with Crippen molar-refractivity contribution in [3.05, 3.63) is 18.7 Å². The molecular formula is C21H39N2+. The Morgan fingerprint density at radius 3 is 2.09 bits per heavy atom. The average molecular weight is 320 g/mol. The van der Waals surface area contributed by atoms with Crippen LogP contribution >= 0.6 is 0 Å². The molecule has 132 valence electrons. The van der Waals surface area contributed by atoms with Crippen molar-refractivity contribution in [1.29, 1.82) is 0 Å². The topological polar surface area (TPSA) is 8.81 Å². The highest BCUT2D eigenvalue weighted by atomic mass is 15.1. The van der Waals surface area contributed by atoms with Gasteiger partial charge in [0.25, 0.3) is 0 Å². The molecule has 1 aliphatic carbocycles. The second-order valence-electron chi connectivity index (χ2n) is 7.57. The third-order valence-corrected chi connectivity index (χ3v) is 5.48. The minimum absolute atomic E-state index is 0.776. The van der Waals surface area contributed by atoms with Gasteiger partial charge in [0.2, 0.25) is 6.33 Å². The van der Waals surface area contributed by atoms with E-state index in [1.807, 2.05) is 0 Å². The van der Waals surface area contributed by atoms with E-state index in [1.54, 1.807) is 0 Å². The van der Waals surface area contributed by atoms with Crippen molar-refractivity contribution in [2.24, 2.45) is 0 Å². The minimum atomic E-state index is 0.776. The van der Waals surface area contributed by atoms with Crippen molar-refractivity contribution in [2.45, 2.75) is 116 Å². The molecule has 0 bridgehead atoms. The van der Waals surface area contributed by atoms with Gasteiger partial charge in [-0.1, -0.05) is 64.7 Å². The van der Waals surface area contributed by atoms with E-state index in [4.69, 9.17) is 0 Å². The van der Waals surface area contributed by atoms with Crippen LogP contribution in [-0.2, 0) is 6.54 Å². The van der Waals surface area contributed by atoms with E-state index in [0.29, 0.717) is 0 Å². The van der Waals surface area contributed by atoms with Gasteiger partial charge in [-0.3, -0.25) is 0 Å². The van der Waals surface area contributed by atoms with E-state index in [1.165, 1.54) is 103 Å². The van der Waals surface area contributed by atoms with Crippen LogP contribution in [-0.4, -0.2) is 4.57 Å². The zero-order chi connectivity index (χ0) is 16.2. The molecule has 0 atom stereocenters. The molecule has 0 N–H and O–H groups in total. The number of aromatic nitrogens is 2. The number of rotatable bonds is 12. The molecule has 1 aromatic heterocycles. The van der Waals surface area contributed by atoms with Crippen LogP contribution in [0, 0.1) is 0 Å². The summed E-state index contributed by atoms with van der Waals surface area (Å²) in [4.78, 5) is 0. The van der Waals surface area contributed by atoms with Gasteiger partial charge >= 0.3 is 0 Å². The molecule has 2 rings (SSSR count). The second-order valence-corrected chi connectivity index (χ2v) is 7.57. The maximum absolute atomic E-state index is 2.47. The zero-order valence-electron chi connectivity index (χ0n) is 15.5. The first kappa shape index (κ1) is 18.5. The third kappa shape index (κ3) is 7.54. The van der Waals surface area contributed by atoms with Crippen molar-refractivity contribution in [3.8, 4) is 0 Å². The summed E-state index contributed by atoms with van der Waals surface area (Å²) < 4.78 is 4.87. The Morgan fingerprint density at radius 1 is 0.826 bits per heavy atom. The van der Waals surface area contributed by atoms with Crippen molar-refractivity contribution in [3.63, 3.8) is 0 Å². The first-order valence-electron chi connectivity index (χ1n) is 10.5. The number of hydrogen-bond acceptors (Lipinski definition) is 0. The lowest BCUT2D eigenvalue weighted by Crippen LogP contribution is -2.31. The summed E-state index contributed by atoms with van der Waals surface area (Å²) in [5, 5.41) is 0. The van der Waals surface area contributed by atoms with Crippen LogP contribution in [0.3, 0.4) is 0 Å². The Balaban J connectivity index is 1.47. The van der Waals surface area contributed by atoms with Gasteiger partial charge in [-0.2, -0.15) is 0 Å². The molecule has 0 amide bonds. The summed E-state index contributed by atoms with van der Waals surface area (Å²) in [5.41, 5.74) is 0. The maximum Gasteiger partial charge on any atom is 0.243 e. The number of imidazole rings is 1. The second kappa shape index (κ2) is 11.7. The summed E-state index contributed by atoms with van der Waals surface area (Å²) >= 11 is 0. The van der Waals surface area contributed by atoms with Gasteiger partial charge in [0.15, 0.2) is 0 Å². The molecule has 23 heavy (non-hydrogen) atoms. The SMILES string of the molecule is CCCCCCCCCCCC[n+]1ccn(C2CCCCC2)c1. The predicted molar refractivity (Wildman–Crippen MR) is 98.6 cm³/mol. The largest absolute Gasteiger partial charge is 0.243 e. The first-order valence-corrected chi connectivity index (χ1v) is 10.5. The number of hydrogen-bond donors (Lipinski definition) is 0. The quantitative estimate of drug-likeness (QED) is 0.320. The van der Waals surface area contributed by atoms with E-state index in [0.717, 1.165) is 6.04 Å². The van der Waals surface area contributed by atoms with Crippen LogP contribution in [0.4, 0.5) is 0 Å². The fourth-order valence-corrected chi connectivity index (χ4v) is 3.92. The fourth-order valence-electron chi connectivity index (χ4n) is 3.92. The molecule has 1 fully saturated rings. The van der Waals surface area contributed by atoms with Crippen LogP contribution in [0.2, 0.25) is 0 Å². The monoisotopic (exact) mass is 319 g/mol. The summed E-state index contributed by atoms with van der Waals surface area (Å²) in [6, 6.07) is 0.776. The van der Waals surface area contributed by atoms with Gasteiger partial charge in [-0.25, -0.2) is 9.13 Å². The minimum Gasteiger partial charge on any atom is -0.237 e. The first-order chi connectivity index (χ1) is 11.4. The molecule has 0 aromatic carbocycles. The Bertz CT molecular complexity index is 390. The van der Waals surface area contributed by atoms with Crippen LogP contribution in [0.25, 0.3) is 0 Å². The summed E-state index contributed by atoms with van der Waals surface area (Å²) in [5.74, 6) is 0. The summed E-state index contributed by atoms with van der Waals surface area (Å²) in [7, 11) is 0.